The van der Waals surface area contributed by atoms with E-state index in [0.29, 0.717) is 17.3 Å². The van der Waals surface area contributed by atoms with E-state index >= 15 is 0 Å². The largest absolute Gasteiger partial charge is 0.354 e. The van der Waals surface area contributed by atoms with E-state index in [1.807, 2.05) is 58.0 Å². The molecular weight excluding hydrogens is 614 g/mol. The van der Waals surface area contributed by atoms with Crippen LogP contribution in [0.15, 0.2) is 76.1 Å². The van der Waals surface area contributed by atoms with Gasteiger partial charge in [0.05, 0.1) is 10.6 Å². The summed E-state index contributed by atoms with van der Waals surface area (Å²) in [5.41, 5.74) is 3.03. The minimum Gasteiger partial charge on any atom is -0.354 e. The van der Waals surface area contributed by atoms with Gasteiger partial charge in [-0.05, 0) is 91.9 Å². The van der Waals surface area contributed by atoms with Gasteiger partial charge in [0, 0.05) is 22.6 Å². The molecule has 214 valence electrons. The Morgan fingerprint density at radius 3 is 2.12 bits per heavy atom. The van der Waals surface area contributed by atoms with Crippen LogP contribution in [0.2, 0.25) is 5.02 Å². The van der Waals surface area contributed by atoms with E-state index in [9.17, 15) is 18.0 Å². The second-order valence-electron chi connectivity index (χ2n) is 10.2. The van der Waals surface area contributed by atoms with Crippen molar-refractivity contribution in [3.63, 3.8) is 0 Å². The summed E-state index contributed by atoms with van der Waals surface area (Å²) in [5.74, 6) is -0.583. The Balaban J connectivity index is 2.03. The molecule has 3 rings (SSSR count). The van der Waals surface area contributed by atoms with Gasteiger partial charge in [0.1, 0.15) is 12.6 Å². The Labute approximate surface area is 250 Å². The van der Waals surface area contributed by atoms with Crippen LogP contribution in [0.1, 0.15) is 37.5 Å². The van der Waals surface area contributed by atoms with Gasteiger partial charge in [0.15, 0.2) is 0 Å². The number of nitrogens with one attached hydrogen (secondary N) is 1. The SMILES string of the molecule is Cc1ccc(N(CC(=O)N(Cc2ccc(Br)cc2)C(C)C(=O)NCC(C)C)S(=O)(=O)c2ccc(Cl)cc2)cc1C. The summed E-state index contributed by atoms with van der Waals surface area (Å²) in [7, 11) is -4.15. The molecule has 10 heteroatoms. The van der Waals surface area contributed by atoms with Crippen molar-refractivity contribution >= 4 is 55.1 Å². The lowest BCUT2D eigenvalue weighted by atomic mass is 10.1. The first-order chi connectivity index (χ1) is 18.8. The maximum atomic E-state index is 14.0. The van der Waals surface area contributed by atoms with Crippen molar-refractivity contribution in [2.24, 2.45) is 5.92 Å². The van der Waals surface area contributed by atoms with Crippen LogP contribution >= 0.6 is 27.5 Å². The van der Waals surface area contributed by atoms with Crippen LogP contribution < -0.4 is 9.62 Å². The fourth-order valence-corrected chi connectivity index (χ4v) is 5.76. The summed E-state index contributed by atoms with van der Waals surface area (Å²) < 4.78 is 29.8. The molecule has 0 spiro atoms. The maximum Gasteiger partial charge on any atom is 0.264 e. The van der Waals surface area contributed by atoms with E-state index in [4.69, 9.17) is 11.6 Å². The number of hydrogen-bond acceptors (Lipinski definition) is 4. The maximum absolute atomic E-state index is 14.0. The van der Waals surface area contributed by atoms with Crippen molar-refractivity contribution < 1.29 is 18.0 Å². The number of sulfonamides is 1. The molecule has 0 heterocycles. The molecule has 1 unspecified atom stereocenters. The van der Waals surface area contributed by atoms with Crippen LogP contribution in [-0.4, -0.2) is 44.3 Å². The van der Waals surface area contributed by atoms with Crippen LogP contribution in [0.3, 0.4) is 0 Å². The summed E-state index contributed by atoms with van der Waals surface area (Å²) in [4.78, 5) is 28.5. The predicted molar refractivity (Wildman–Crippen MR) is 164 cm³/mol. The highest BCUT2D eigenvalue weighted by atomic mass is 79.9. The zero-order valence-corrected chi connectivity index (χ0v) is 26.5. The number of amides is 2. The first-order valence-corrected chi connectivity index (χ1v) is 15.6. The molecular formula is C30H35BrClN3O4S. The number of aryl methyl sites for hydroxylation is 2. The van der Waals surface area contributed by atoms with Gasteiger partial charge in [-0.2, -0.15) is 0 Å². The first-order valence-electron chi connectivity index (χ1n) is 13.0. The molecule has 0 bridgehead atoms. The Bertz CT molecular complexity index is 1440. The standard InChI is InChI=1S/C30H35BrClN3O4S/c1-20(2)17-33-30(37)23(5)34(18-24-7-9-25(31)10-8-24)29(36)19-35(27-13-6-21(3)22(4)16-27)40(38,39)28-14-11-26(32)12-15-28/h6-16,20,23H,17-19H2,1-5H3,(H,33,37). The quantitative estimate of drug-likeness (QED) is 0.272. The van der Waals surface area contributed by atoms with Gasteiger partial charge in [-0.15, -0.1) is 0 Å². The zero-order chi connectivity index (χ0) is 29.6. The molecule has 0 aliphatic rings. The lowest BCUT2D eigenvalue weighted by Crippen LogP contribution is -2.51. The second-order valence-corrected chi connectivity index (χ2v) is 13.4. The lowest BCUT2D eigenvalue weighted by molar-refractivity contribution is -0.139. The molecule has 40 heavy (non-hydrogen) atoms. The van der Waals surface area contributed by atoms with Crippen molar-refractivity contribution in [1.29, 1.82) is 0 Å². The summed E-state index contributed by atoms with van der Waals surface area (Å²) in [6, 6.07) is 17.7. The van der Waals surface area contributed by atoms with Crippen molar-refractivity contribution in [1.82, 2.24) is 10.2 Å². The molecule has 3 aromatic carbocycles. The highest BCUT2D eigenvalue weighted by molar-refractivity contribution is 9.10. The van der Waals surface area contributed by atoms with Gasteiger partial charge >= 0.3 is 0 Å². The fourth-order valence-electron chi connectivity index (χ4n) is 3.96. The van der Waals surface area contributed by atoms with Crippen molar-refractivity contribution in [2.45, 2.75) is 52.1 Å². The third-order valence-electron chi connectivity index (χ3n) is 6.58. The Hall–Kier alpha value is -2.88. The molecule has 0 saturated heterocycles. The third-order valence-corrected chi connectivity index (χ3v) is 9.15. The Morgan fingerprint density at radius 2 is 1.55 bits per heavy atom. The minimum atomic E-state index is -4.15. The predicted octanol–water partition coefficient (Wildman–Crippen LogP) is 6.10. The van der Waals surface area contributed by atoms with Gasteiger partial charge in [-0.3, -0.25) is 13.9 Å². The minimum absolute atomic E-state index is 0.00473. The van der Waals surface area contributed by atoms with E-state index in [0.717, 1.165) is 25.5 Å². The van der Waals surface area contributed by atoms with E-state index in [1.165, 1.54) is 29.2 Å². The van der Waals surface area contributed by atoms with Crippen molar-refractivity contribution in [2.75, 3.05) is 17.4 Å². The van der Waals surface area contributed by atoms with Gasteiger partial charge in [-0.1, -0.05) is 59.6 Å². The van der Waals surface area contributed by atoms with Gasteiger partial charge in [0.2, 0.25) is 11.8 Å². The topological polar surface area (TPSA) is 86.8 Å². The highest BCUT2D eigenvalue weighted by Gasteiger charge is 2.32. The number of nitrogens with zero attached hydrogens (tertiary/aromatic N) is 2. The number of rotatable bonds is 11. The molecule has 0 radical (unpaired) electrons. The molecule has 1 N–H and O–H groups in total. The van der Waals surface area contributed by atoms with Crippen LogP contribution in [-0.2, 0) is 26.2 Å². The summed E-state index contributed by atoms with van der Waals surface area (Å²) >= 11 is 9.43. The molecule has 1 atom stereocenters. The van der Waals surface area contributed by atoms with Gasteiger partial charge < -0.3 is 10.2 Å². The fraction of sp³-hybridized carbons (Fsp3) is 0.333. The zero-order valence-electron chi connectivity index (χ0n) is 23.3. The number of hydrogen-bond donors (Lipinski definition) is 1. The van der Waals surface area contributed by atoms with E-state index in [2.05, 4.69) is 21.2 Å². The van der Waals surface area contributed by atoms with Gasteiger partial charge in [0.25, 0.3) is 10.0 Å². The number of carbonyl (C=O) groups is 2. The average Bonchev–Trinajstić information content (AvgIpc) is 2.91. The third kappa shape index (κ3) is 8.08. The Morgan fingerprint density at radius 1 is 0.925 bits per heavy atom. The van der Waals surface area contributed by atoms with Crippen molar-refractivity contribution in [3.05, 3.63) is 92.9 Å². The lowest BCUT2D eigenvalue weighted by Gasteiger charge is -2.32. The second kappa shape index (κ2) is 13.7. The monoisotopic (exact) mass is 647 g/mol. The Kier molecular flexibility index (Phi) is 10.8. The van der Waals surface area contributed by atoms with Crippen LogP contribution in [0, 0.1) is 19.8 Å². The number of carbonyl (C=O) groups excluding carboxylic acids is 2. The summed E-state index contributed by atoms with van der Waals surface area (Å²) in [6.07, 6.45) is 0. The molecule has 0 saturated carbocycles. The number of anilines is 1. The molecule has 0 aliphatic carbocycles. The van der Waals surface area contributed by atoms with E-state index in [-0.39, 0.29) is 23.3 Å². The molecule has 0 aromatic heterocycles. The summed E-state index contributed by atoms with van der Waals surface area (Å²) in [5, 5.41) is 3.29. The average molecular weight is 649 g/mol. The molecule has 0 aliphatic heterocycles. The van der Waals surface area contributed by atoms with Crippen LogP contribution in [0.4, 0.5) is 5.69 Å². The molecule has 2 amide bonds. The van der Waals surface area contributed by atoms with Gasteiger partial charge in [-0.25, -0.2) is 8.42 Å². The van der Waals surface area contributed by atoms with E-state index < -0.39 is 28.5 Å². The first kappa shape index (κ1) is 31.6. The van der Waals surface area contributed by atoms with E-state index in [1.54, 1.807) is 19.1 Å². The molecule has 7 nitrogen and oxygen atoms in total. The molecule has 0 fully saturated rings. The van der Waals surface area contributed by atoms with Crippen LogP contribution in [0.25, 0.3) is 0 Å². The number of benzene rings is 3. The normalized spacial score (nSPS) is 12.2. The summed E-state index contributed by atoms with van der Waals surface area (Å²) in [6.45, 7) is 9.53. The molecule has 3 aromatic rings. The number of halogens is 2. The highest BCUT2D eigenvalue weighted by Crippen LogP contribution is 2.27. The van der Waals surface area contributed by atoms with Crippen molar-refractivity contribution in [3.8, 4) is 0 Å². The van der Waals surface area contributed by atoms with Crippen LogP contribution in [0.5, 0.6) is 0 Å². The smallest absolute Gasteiger partial charge is 0.264 e.